The van der Waals surface area contributed by atoms with Crippen LogP contribution >= 0.6 is 0 Å². The van der Waals surface area contributed by atoms with Crippen LogP contribution in [0.4, 0.5) is 4.39 Å². The van der Waals surface area contributed by atoms with Crippen LogP contribution in [0.2, 0.25) is 0 Å². The zero-order valence-electron chi connectivity index (χ0n) is 12.0. The maximum absolute atomic E-state index is 13.8. The number of halogens is 1. The summed E-state index contributed by atoms with van der Waals surface area (Å²) < 4.78 is 18.7. The first kappa shape index (κ1) is 15.0. The Morgan fingerprint density at radius 3 is 2.39 bits per heavy atom. The molecule has 0 aliphatic heterocycles. The molecule has 0 amide bonds. The van der Waals surface area contributed by atoms with E-state index in [2.05, 4.69) is 33.0 Å². The van der Waals surface area contributed by atoms with Gasteiger partial charge in [0.05, 0.1) is 7.11 Å². The minimum absolute atomic E-state index is 0.176. The van der Waals surface area contributed by atoms with Gasteiger partial charge in [0.15, 0.2) is 11.6 Å². The van der Waals surface area contributed by atoms with Gasteiger partial charge in [0.1, 0.15) is 0 Å². The fraction of sp³-hybridized carbons (Fsp3) is 0.600. The molecule has 0 saturated heterocycles. The molecule has 0 fully saturated rings. The molecule has 1 N–H and O–H groups in total. The summed E-state index contributed by atoms with van der Waals surface area (Å²) in [6, 6.07) is 5.39. The van der Waals surface area contributed by atoms with E-state index in [1.807, 2.05) is 6.07 Å². The number of ether oxygens (including phenoxy) is 1. The fourth-order valence-electron chi connectivity index (χ4n) is 2.09. The molecular formula is C15H24FNO. The van der Waals surface area contributed by atoms with Crippen molar-refractivity contribution in [1.29, 1.82) is 0 Å². The smallest absolute Gasteiger partial charge is 0.165 e. The summed E-state index contributed by atoms with van der Waals surface area (Å²) in [6.45, 7) is 9.51. The molecule has 0 spiro atoms. The summed E-state index contributed by atoms with van der Waals surface area (Å²) >= 11 is 0. The van der Waals surface area contributed by atoms with Crippen molar-refractivity contribution in [2.45, 2.75) is 33.7 Å². The average Bonchev–Trinajstić information content (AvgIpc) is 2.35. The highest BCUT2D eigenvalue weighted by molar-refractivity contribution is 5.31. The lowest BCUT2D eigenvalue weighted by molar-refractivity contribution is 0.306. The minimum atomic E-state index is -0.297. The van der Waals surface area contributed by atoms with Crippen LogP contribution in [-0.2, 0) is 0 Å². The van der Waals surface area contributed by atoms with E-state index in [4.69, 9.17) is 4.74 Å². The predicted molar refractivity (Wildman–Crippen MR) is 73.4 cm³/mol. The van der Waals surface area contributed by atoms with Crippen molar-refractivity contribution < 1.29 is 9.13 Å². The van der Waals surface area contributed by atoms with Gasteiger partial charge in [0, 0.05) is 6.04 Å². The van der Waals surface area contributed by atoms with Gasteiger partial charge in [-0.3, -0.25) is 0 Å². The topological polar surface area (TPSA) is 21.3 Å². The lowest BCUT2D eigenvalue weighted by atomic mass is 9.86. The Morgan fingerprint density at radius 1 is 1.28 bits per heavy atom. The van der Waals surface area contributed by atoms with Crippen LogP contribution in [-0.4, -0.2) is 13.7 Å². The number of hydrogen-bond donors (Lipinski definition) is 1. The Kier molecular flexibility index (Phi) is 5.60. The van der Waals surface area contributed by atoms with Crippen molar-refractivity contribution in [3.05, 3.63) is 29.6 Å². The minimum Gasteiger partial charge on any atom is -0.494 e. The lowest BCUT2D eigenvalue weighted by Gasteiger charge is -2.28. The molecule has 0 aromatic heterocycles. The molecule has 1 aromatic rings. The quantitative estimate of drug-likeness (QED) is 0.833. The van der Waals surface area contributed by atoms with Crippen molar-refractivity contribution in [3.63, 3.8) is 0 Å². The molecule has 102 valence electrons. The maximum Gasteiger partial charge on any atom is 0.165 e. The van der Waals surface area contributed by atoms with Crippen molar-refractivity contribution in [2.75, 3.05) is 13.7 Å². The molecule has 3 heteroatoms. The van der Waals surface area contributed by atoms with Crippen LogP contribution in [0.5, 0.6) is 5.75 Å². The maximum atomic E-state index is 13.8. The average molecular weight is 253 g/mol. The summed E-state index contributed by atoms with van der Waals surface area (Å²) in [4.78, 5) is 0. The Balaban J connectivity index is 3.02. The molecular weight excluding hydrogens is 229 g/mol. The second kappa shape index (κ2) is 6.74. The van der Waals surface area contributed by atoms with Crippen LogP contribution < -0.4 is 10.1 Å². The Hall–Kier alpha value is -1.09. The van der Waals surface area contributed by atoms with Crippen LogP contribution in [0, 0.1) is 17.7 Å². The van der Waals surface area contributed by atoms with Gasteiger partial charge in [-0.25, -0.2) is 4.39 Å². The predicted octanol–water partition coefficient (Wildman–Crippen LogP) is 3.78. The largest absolute Gasteiger partial charge is 0.494 e. The second-order valence-electron chi connectivity index (χ2n) is 5.03. The molecule has 0 saturated carbocycles. The Morgan fingerprint density at radius 2 is 1.94 bits per heavy atom. The number of methoxy groups -OCH3 is 1. The SMILES string of the molecule is CCNC(c1ccc(OC)c(F)c1)C(C)C(C)C. The first-order valence-corrected chi connectivity index (χ1v) is 6.58. The standard InChI is InChI=1S/C15H24FNO/c1-6-17-15(11(4)10(2)3)12-7-8-14(18-5)13(16)9-12/h7-11,15,17H,6H2,1-5H3. The highest BCUT2D eigenvalue weighted by Gasteiger charge is 2.22. The fourth-order valence-corrected chi connectivity index (χ4v) is 2.09. The molecule has 18 heavy (non-hydrogen) atoms. The van der Waals surface area contributed by atoms with Crippen LogP contribution in [0.3, 0.4) is 0 Å². The molecule has 2 nitrogen and oxygen atoms in total. The molecule has 2 unspecified atom stereocenters. The van der Waals surface area contributed by atoms with Gasteiger partial charge in [0.2, 0.25) is 0 Å². The van der Waals surface area contributed by atoms with Gasteiger partial charge in [-0.2, -0.15) is 0 Å². The zero-order chi connectivity index (χ0) is 13.7. The van der Waals surface area contributed by atoms with Crippen molar-refractivity contribution >= 4 is 0 Å². The van der Waals surface area contributed by atoms with E-state index in [1.54, 1.807) is 12.1 Å². The molecule has 0 heterocycles. The Labute approximate surface area is 110 Å². The van der Waals surface area contributed by atoms with Gasteiger partial charge >= 0.3 is 0 Å². The highest BCUT2D eigenvalue weighted by atomic mass is 19.1. The zero-order valence-corrected chi connectivity index (χ0v) is 12.0. The molecule has 0 radical (unpaired) electrons. The van der Waals surface area contributed by atoms with Gasteiger partial charge in [-0.1, -0.05) is 33.8 Å². The van der Waals surface area contributed by atoms with Gasteiger partial charge in [0.25, 0.3) is 0 Å². The third-order valence-electron chi connectivity index (χ3n) is 3.54. The van der Waals surface area contributed by atoms with Gasteiger partial charge in [-0.05, 0) is 36.1 Å². The van der Waals surface area contributed by atoms with Crippen LogP contribution in [0.15, 0.2) is 18.2 Å². The van der Waals surface area contributed by atoms with Crippen molar-refractivity contribution in [2.24, 2.45) is 11.8 Å². The lowest BCUT2D eigenvalue weighted by Crippen LogP contribution is -2.29. The van der Waals surface area contributed by atoms with E-state index in [9.17, 15) is 4.39 Å². The molecule has 0 bridgehead atoms. The first-order valence-electron chi connectivity index (χ1n) is 6.58. The number of rotatable bonds is 6. The molecule has 0 aliphatic carbocycles. The molecule has 1 aromatic carbocycles. The second-order valence-corrected chi connectivity index (χ2v) is 5.03. The third kappa shape index (κ3) is 3.45. The van der Waals surface area contributed by atoms with Crippen LogP contribution in [0.25, 0.3) is 0 Å². The normalized spacial score (nSPS) is 14.6. The molecule has 1 rings (SSSR count). The molecule has 2 atom stereocenters. The van der Waals surface area contributed by atoms with Crippen LogP contribution in [0.1, 0.15) is 39.3 Å². The van der Waals surface area contributed by atoms with E-state index in [-0.39, 0.29) is 11.9 Å². The summed E-state index contributed by atoms with van der Waals surface area (Å²) in [6.07, 6.45) is 0. The van der Waals surface area contributed by atoms with Crippen molar-refractivity contribution in [3.8, 4) is 5.75 Å². The number of benzene rings is 1. The third-order valence-corrected chi connectivity index (χ3v) is 3.54. The summed E-state index contributed by atoms with van der Waals surface area (Å²) in [7, 11) is 1.48. The van der Waals surface area contributed by atoms with E-state index >= 15 is 0 Å². The number of nitrogens with one attached hydrogen (secondary N) is 1. The van der Waals surface area contributed by atoms with Gasteiger partial charge < -0.3 is 10.1 Å². The van der Waals surface area contributed by atoms with E-state index in [0.29, 0.717) is 17.6 Å². The highest BCUT2D eigenvalue weighted by Crippen LogP contribution is 2.30. The number of hydrogen-bond acceptors (Lipinski definition) is 2. The van der Waals surface area contributed by atoms with E-state index < -0.39 is 0 Å². The van der Waals surface area contributed by atoms with Crippen molar-refractivity contribution in [1.82, 2.24) is 5.32 Å². The summed E-state index contributed by atoms with van der Waals surface area (Å²) in [5.74, 6) is 0.983. The van der Waals surface area contributed by atoms with Gasteiger partial charge in [-0.15, -0.1) is 0 Å². The Bertz CT molecular complexity index is 379. The monoisotopic (exact) mass is 253 g/mol. The summed E-state index contributed by atoms with van der Waals surface area (Å²) in [5, 5.41) is 3.44. The van der Waals surface area contributed by atoms with E-state index in [0.717, 1.165) is 12.1 Å². The van der Waals surface area contributed by atoms with E-state index in [1.165, 1.54) is 7.11 Å². The summed E-state index contributed by atoms with van der Waals surface area (Å²) in [5.41, 5.74) is 0.983. The molecule has 0 aliphatic rings. The first-order chi connectivity index (χ1) is 8.51.